The number of hydrogen-bond acceptors (Lipinski definition) is 5. The highest BCUT2D eigenvalue weighted by Gasteiger charge is 2.19. The summed E-state index contributed by atoms with van der Waals surface area (Å²) in [4.78, 5) is 36.6. The number of amides is 2. The Morgan fingerprint density at radius 3 is 2.62 bits per heavy atom. The lowest BCUT2D eigenvalue weighted by molar-refractivity contribution is -0.386. The van der Waals surface area contributed by atoms with Gasteiger partial charge in [-0.1, -0.05) is 0 Å². The predicted octanol–water partition coefficient (Wildman–Crippen LogP) is 0.879. The van der Waals surface area contributed by atoms with Gasteiger partial charge in [0, 0.05) is 11.8 Å². The number of hydrogen-bond donors (Lipinski definition) is 3. The summed E-state index contributed by atoms with van der Waals surface area (Å²) in [6.45, 7) is 4.41. The number of nitrogens with one attached hydrogen (secondary N) is 2. The Kier molecular flexibility index (Phi) is 5.17. The van der Waals surface area contributed by atoms with E-state index in [-0.39, 0.29) is 12.2 Å². The van der Waals surface area contributed by atoms with Crippen molar-refractivity contribution in [3.05, 3.63) is 33.1 Å². The van der Waals surface area contributed by atoms with Gasteiger partial charge >= 0.3 is 12.0 Å². The summed E-state index contributed by atoms with van der Waals surface area (Å²) in [6.07, 6.45) is 1.36. The van der Waals surface area contributed by atoms with E-state index in [1.165, 1.54) is 13.1 Å². The van der Waals surface area contributed by atoms with E-state index in [1.54, 1.807) is 13.8 Å². The summed E-state index contributed by atoms with van der Waals surface area (Å²) in [6, 6.07) is -1.72. The summed E-state index contributed by atoms with van der Waals surface area (Å²) < 4.78 is 0. The number of aryl methyl sites for hydroxylation is 1. The zero-order chi connectivity index (χ0) is 16.2. The van der Waals surface area contributed by atoms with Crippen LogP contribution in [0.15, 0.2) is 6.20 Å². The van der Waals surface area contributed by atoms with Crippen LogP contribution in [0.2, 0.25) is 0 Å². The van der Waals surface area contributed by atoms with Crippen molar-refractivity contribution in [2.75, 3.05) is 0 Å². The minimum Gasteiger partial charge on any atom is -0.480 e. The molecule has 9 heteroatoms. The number of urea groups is 1. The van der Waals surface area contributed by atoms with E-state index in [4.69, 9.17) is 5.11 Å². The van der Waals surface area contributed by atoms with Crippen molar-refractivity contribution in [2.24, 2.45) is 0 Å². The van der Waals surface area contributed by atoms with Gasteiger partial charge in [0.1, 0.15) is 6.04 Å². The van der Waals surface area contributed by atoms with E-state index < -0.39 is 23.0 Å². The molecule has 0 aromatic carbocycles. The van der Waals surface area contributed by atoms with E-state index in [1.807, 2.05) is 0 Å². The molecule has 1 heterocycles. The summed E-state index contributed by atoms with van der Waals surface area (Å²) in [7, 11) is 0. The Morgan fingerprint density at radius 1 is 1.48 bits per heavy atom. The summed E-state index contributed by atoms with van der Waals surface area (Å²) in [5, 5.41) is 24.2. The number of carbonyl (C=O) groups is 2. The molecular weight excluding hydrogens is 280 g/mol. The SMILES string of the molecule is Cc1cnc(CNC(=O)NC(C)C(=O)O)c(C)c1[N+](=O)[O-]. The van der Waals surface area contributed by atoms with Gasteiger partial charge in [0.2, 0.25) is 0 Å². The second-order valence-corrected chi connectivity index (χ2v) is 4.51. The maximum atomic E-state index is 11.5. The van der Waals surface area contributed by atoms with Crippen LogP contribution in [0, 0.1) is 24.0 Å². The molecule has 0 aliphatic rings. The van der Waals surface area contributed by atoms with Crippen LogP contribution in [0.1, 0.15) is 23.7 Å². The van der Waals surface area contributed by atoms with Crippen LogP contribution < -0.4 is 10.6 Å². The Labute approximate surface area is 120 Å². The Bertz CT molecular complexity index is 587. The average molecular weight is 296 g/mol. The molecule has 9 nitrogen and oxygen atoms in total. The quantitative estimate of drug-likeness (QED) is 0.545. The smallest absolute Gasteiger partial charge is 0.325 e. The summed E-state index contributed by atoms with van der Waals surface area (Å²) in [5.74, 6) is -1.16. The molecule has 0 spiro atoms. The minimum absolute atomic E-state index is 0.0366. The van der Waals surface area contributed by atoms with Crippen molar-refractivity contribution in [1.82, 2.24) is 15.6 Å². The number of rotatable bonds is 5. The van der Waals surface area contributed by atoms with Crippen molar-refractivity contribution < 1.29 is 19.6 Å². The van der Waals surface area contributed by atoms with E-state index in [0.29, 0.717) is 16.8 Å². The molecule has 1 aromatic rings. The van der Waals surface area contributed by atoms with Crippen molar-refractivity contribution in [3.8, 4) is 0 Å². The molecule has 1 unspecified atom stereocenters. The standard InChI is InChI=1S/C12H16N4O5/c1-6-4-13-9(7(2)10(6)16(20)21)5-14-12(19)15-8(3)11(17)18/h4,8H,5H2,1-3H3,(H,17,18)(H2,14,15,19). The summed E-state index contributed by atoms with van der Waals surface area (Å²) >= 11 is 0. The molecule has 0 aliphatic heterocycles. The lowest BCUT2D eigenvalue weighted by Gasteiger charge is -2.12. The number of carboxylic acids is 1. The van der Waals surface area contributed by atoms with E-state index in [9.17, 15) is 19.7 Å². The van der Waals surface area contributed by atoms with Crippen molar-refractivity contribution in [1.29, 1.82) is 0 Å². The number of nitro groups is 1. The fraction of sp³-hybridized carbons (Fsp3) is 0.417. The van der Waals surface area contributed by atoms with E-state index >= 15 is 0 Å². The molecule has 114 valence electrons. The molecule has 1 rings (SSSR count). The topological polar surface area (TPSA) is 134 Å². The average Bonchev–Trinajstić information content (AvgIpc) is 2.37. The molecule has 3 N–H and O–H groups in total. The fourth-order valence-electron chi connectivity index (χ4n) is 1.70. The third-order valence-corrected chi connectivity index (χ3v) is 2.89. The van der Waals surface area contributed by atoms with Gasteiger partial charge in [-0.25, -0.2) is 4.79 Å². The largest absolute Gasteiger partial charge is 0.480 e. The highest BCUT2D eigenvalue weighted by Crippen LogP contribution is 2.23. The number of aliphatic carboxylic acids is 1. The van der Waals surface area contributed by atoms with E-state index in [2.05, 4.69) is 15.6 Å². The van der Waals surface area contributed by atoms with Gasteiger partial charge in [0.25, 0.3) is 5.69 Å². The lowest BCUT2D eigenvalue weighted by atomic mass is 10.1. The number of carbonyl (C=O) groups excluding carboxylic acids is 1. The van der Waals surface area contributed by atoms with Gasteiger partial charge < -0.3 is 15.7 Å². The predicted molar refractivity (Wildman–Crippen MR) is 72.8 cm³/mol. The van der Waals surface area contributed by atoms with Crippen molar-refractivity contribution in [2.45, 2.75) is 33.4 Å². The van der Waals surface area contributed by atoms with Crippen molar-refractivity contribution in [3.63, 3.8) is 0 Å². The molecule has 0 fully saturated rings. The van der Waals surface area contributed by atoms with Gasteiger partial charge in [-0.05, 0) is 20.8 Å². The second kappa shape index (κ2) is 6.64. The molecule has 0 saturated carbocycles. The van der Waals surface area contributed by atoms with Crippen LogP contribution in [0.3, 0.4) is 0 Å². The fourth-order valence-corrected chi connectivity index (χ4v) is 1.70. The van der Waals surface area contributed by atoms with Crippen LogP contribution in [0.4, 0.5) is 10.5 Å². The Hall–Kier alpha value is -2.71. The molecule has 0 aliphatic carbocycles. The molecule has 21 heavy (non-hydrogen) atoms. The third-order valence-electron chi connectivity index (χ3n) is 2.89. The van der Waals surface area contributed by atoms with Gasteiger partial charge in [-0.15, -0.1) is 0 Å². The molecule has 1 aromatic heterocycles. The molecule has 2 amide bonds. The van der Waals surface area contributed by atoms with Crippen LogP contribution >= 0.6 is 0 Å². The molecule has 0 saturated heterocycles. The maximum absolute atomic E-state index is 11.5. The van der Waals surface area contributed by atoms with E-state index in [0.717, 1.165) is 0 Å². The zero-order valence-electron chi connectivity index (χ0n) is 11.8. The van der Waals surface area contributed by atoms with Gasteiger partial charge in [0.05, 0.1) is 22.7 Å². The minimum atomic E-state index is -1.16. The van der Waals surface area contributed by atoms with Crippen molar-refractivity contribution >= 4 is 17.7 Å². The molecule has 0 radical (unpaired) electrons. The highest BCUT2D eigenvalue weighted by molar-refractivity contribution is 5.82. The van der Waals surface area contributed by atoms with Gasteiger partial charge in [-0.3, -0.25) is 19.9 Å². The zero-order valence-corrected chi connectivity index (χ0v) is 11.8. The first-order chi connectivity index (χ1) is 9.73. The first kappa shape index (κ1) is 16.3. The molecule has 0 bridgehead atoms. The van der Waals surface area contributed by atoms with Crippen LogP contribution in [-0.2, 0) is 11.3 Å². The van der Waals surface area contributed by atoms with Gasteiger partial charge in [-0.2, -0.15) is 0 Å². The maximum Gasteiger partial charge on any atom is 0.325 e. The van der Waals surface area contributed by atoms with Gasteiger partial charge in [0.15, 0.2) is 0 Å². The normalized spacial score (nSPS) is 11.6. The third kappa shape index (κ3) is 4.13. The lowest BCUT2D eigenvalue weighted by Crippen LogP contribution is -2.44. The molecule has 1 atom stereocenters. The highest BCUT2D eigenvalue weighted by atomic mass is 16.6. The van der Waals surface area contributed by atoms with Crippen LogP contribution in [0.25, 0.3) is 0 Å². The number of pyridine rings is 1. The Balaban J connectivity index is 2.77. The summed E-state index contributed by atoms with van der Waals surface area (Å²) in [5.41, 5.74) is 1.11. The number of aromatic nitrogens is 1. The first-order valence-corrected chi connectivity index (χ1v) is 6.10. The number of carboxylic acid groups (broad SMARTS) is 1. The second-order valence-electron chi connectivity index (χ2n) is 4.51. The Morgan fingerprint density at radius 2 is 2.10 bits per heavy atom. The van der Waals surface area contributed by atoms with Crippen LogP contribution in [0.5, 0.6) is 0 Å². The first-order valence-electron chi connectivity index (χ1n) is 6.10. The van der Waals surface area contributed by atoms with Crippen LogP contribution in [-0.4, -0.2) is 33.1 Å². The molecular formula is C12H16N4O5. The number of nitrogens with zero attached hydrogens (tertiary/aromatic N) is 2. The monoisotopic (exact) mass is 296 g/mol.